The maximum atomic E-state index is 12.9. The Morgan fingerprint density at radius 1 is 1.23 bits per heavy atom. The summed E-state index contributed by atoms with van der Waals surface area (Å²) in [5.41, 5.74) is 2.10. The summed E-state index contributed by atoms with van der Waals surface area (Å²) in [5, 5.41) is 3.33. The van der Waals surface area contributed by atoms with E-state index in [1.807, 2.05) is 31.2 Å². The normalized spacial score (nSPS) is 18.0. The van der Waals surface area contributed by atoms with Crippen LogP contribution in [0.2, 0.25) is 5.02 Å². The van der Waals surface area contributed by atoms with Crippen molar-refractivity contribution in [2.75, 3.05) is 6.54 Å². The molecule has 0 saturated carbocycles. The number of carbonyl (C=O) groups excluding carboxylic acids is 1. The van der Waals surface area contributed by atoms with E-state index in [2.05, 4.69) is 5.32 Å². The Kier molecular flexibility index (Phi) is 5.65. The highest BCUT2D eigenvalue weighted by Crippen LogP contribution is 2.27. The first-order valence-electron chi connectivity index (χ1n) is 8.48. The van der Waals surface area contributed by atoms with Gasteiger partial charge in [0.05, 0.1) is 4.90 Å². The quantitative estimate of drug-likeness (QED) is 0.850. The molecule has 0 spiro atoms. The fourth-order valence-corrected chi connectivity index (χ4v) is 4.94. The summed E-state index contributed by atoms with van der Waals surface area (Å²) < 4.78 is 27.1. The van der Waals surface area contributed by atoms with Crippen molar-refractivity contribution >= 4 is 27.5 Å². The number of benzene rings is 2. The smallest absolute Gasteiger partial charge is 0.243 e. The lowest BCUT2D eigenvalue weighted by Crippen LogP contribution is -2.45. The minimum absolute atomic E-state index is 0.153. The van der Waals surface area contributed by atoms with Gasteiger partial charge in [0.2, 0.25) is 15.9 Å². The molecule has 0 unspecified atom stereocenters. The summed E-state index contributed by atoms with van der Waals surface area (Å²) in [6.07, 6.45) is 1.18. The predicted octanol–water partition coefficient (Wildman–Crippen LogP) is 3.12. The zero-order valence-electron chi connectivity index (χ0n) is 14.5. The summed E-state index contributed by atoms with van der Waals surface area (Å²) in [7, 11) is -3.73. The number of nitrogens with one attached hydrogen (secondary N) is 1. The van der Waals surface area contributed by atoms with Crippen LogP contribution in [0.5, 0.6) is 0 Å². The van der Waals surface area contributed by atoms with Gasteiger partial charge in [-0.3, -0.25) is 4.79 Å². The summed E-state index contributed by atoms with van der Waals surface area (Å²) in [5.74, 6) is -0.262. The molecule has 1 amide bonds. The maximum absolute atomic E-state index is 12.9. The van der Waals surface area contributed by atoms with Crippen molar-refractivity contribution in [3.05, 3.63) is 64.7 Å². The molecule has 0 radical (unpaired) electrons. The van der Waals surface area contributed by atoms with Crippen LogP contribution in [0, 0.1) is 6.92 Å². The van der Waals surface area contributed by atoms with E-state index in [4.69, 9.17) is 11.6 Å². The van der Waals surface area contributed by atoms with Gasteiger partial charge in [-0.15, -0.1) is 0 Å². The van der Waals surface area contributed by atoms with Crippen molar-refractivity contribution < 1.29 is 13.2 Å². The van der Waals surface area contributed by atoms with Gasteiger partial charge in [0.1, 0.15) is 6.04 Å². The molecule has 1 aliphatic rings. The standard InChI is InChI=1S/C19H21ClN2O3S/c1-14-4-2-5-15(12-14)13-21-19(23)18-6-3-11-22(18)26(24,25)17-9-7-16(20)8-10-17/h2,4-5,7-10,12,18H,3,6,11,13H2,1H3,(H,21,23)/t18-/m1/s1. The maximum Gasteiger partial charge on any atom is 0.243 e. The van der Waals surface area contributed by atoms with Crippen LogP contribution < -0.4 is 5.32 Å². The van der Waals surface area contributed by atoms with Gasteiger partial charge >= 0.3 is 0 Å². The van der Waals surface area contributed by atoms with Crippen LogP contribution in [0.15, 0.2) is 53.4 Å². The SMILES string of the molecule is Cc1cccc(CNC(=O)[C@H]2CCCN2S(=O)(=O)c2ccc(Cl)cc2)c1. The predicted molar refractivity (Wildman–Crippen MR) is 101 cm³/mol. The minimum atomic E-state index is -3.73. The number of rotatable bonds is 5. The van der Waals surface area contributed by atoms with Gasteiger partial charge < -0.3 is 5.32 Å². The van der Waals surface area contributed by atoms with Crippen LogP contribution in [0.3, 0.4) is 0 Å². The number of hydrogen-bond donors (Lipinski definition) is 1. The van der Waals surface area contributed by atoms with E-state index in [0.717, 1.165) is 11.1 Å². The topological polar surface area (TPSA) is 66.5 Å². The lowest BCUT2D eigenvalue weighted by Gasteiger charge is -2.23. The number of aryl methyl sites for hydroxylation is 1. The Labute approximate surface area is 159 Å². The van der Waals surface area contributed by atoms with Gasteiger partial charge in [-0.2, -0.15) is 4.31 Å². The Bertz CT molecular complexity index is 897. The fourth-order valence-electron chi connectivity index (χ4n) is 3.16. The van der Waals surface area contributed by atoms with Crippen molar-refractivity contribution in [2.24, 2.45) is 0 Å². The van der Waals surface area contributed by atoms with Crippen LogP contribution >= 0.6 is 11.6 Å². The number of halogens is 1. The first kappa shape index (κ1) is 18.9. The van der Waals surface area contributed by atoms with Crippen LogP contribution in [0.1, 0.15) is 24.0 Å². The molecule has 1 N–H and O–H groups in total. The molecule has 2 aromatic carbocycles. The van der Waals surface area contributed by atoms with E-state index in [1.54, 1.807) is 0 Å². The zero-order valence-corrected chi connectivity index (χ0v) is 16.1. The third kappa shape index (κ3) is 4.09. The van der Waals surface area contributed by atoms with Gasteiger partial charge in [0, 0.05) is 18.1 Å². The summed E-state index contributed by atoms with van der Waals surface area (Å²) >= 11 is 5.84. The summed E-state index contributed by atoms with van der Waals surface area (Å²) in [6, 6.07) is 13.2. The Morgan fingerprint density at radius 2 is 1.96 bits per heavy atom. The number of sulfonamides is 1. The molecule has 3 rings (SSSR count). The highest BCUT2D eigenvalue weighted by atomic mass is 35.5. The van der Waals surface area contributed by atoms with Crippen molar-refractivity contribution in [3.8, 4) is 0 Å². The van der Waals surface area contributed by atoms with Crippen molar-refractivity contribution in [1.82, 2.24) is 9.62 Å². The first-order chi connectivity index (χ1) is 12.4. The molecule has 1 aliphatic heterocycles. The molecule has 7 heteroatoms. The lowest BCUT2D eigenvalue weighted by atomic mass is 10.1. The number of hydrogen-bond acceptors (Lipinski definition) is 3. The van der Waals surface area contributed by atoms with Crippen LogP contribution in [0.4, 0.5) is 0 Å². The molecule has 1 fully saturated rings. The average Bonchev–Trinajstić information content (AvgIpc) is 3.11. The van der Waals surface area contributed by atoms with Gasteiger partial charge in [-0.25, -0.2) is 8.42 Å². The minimum Gasteiger partial charge on any atom is -0.351 e. The molecular formula is C19H21ClN2O3S. The van der Waals surface area contributed by atoms with Crippen LogP contribution in [-0.2, 0) is 21.4 Å². The van der Waals surface area contributed by atoms with E-state index < -0.39 is 16.1 Å². The van der Waals surface area contributed by atoms with Crippen molar-refractivity contribution in [3.63, 3.8) is 0 Å². The molecule has 1 saturated heterocycles. The average molecular weight is 393 g/mol. The lowest BCUT2D eigenvalue weighted by molar-refractivity contribution is -0.124. The molecule has 0 aliphatic carbocycles. The number of amides is 1. The van der Waals surface area contributed by atoms with Crippen molar-refractivity contribution in [1.29, 1.82) is 0 Å². The molecule has 0 aromatic heterocycles. The van der Waals surface area contributed by atoms with E-state index in [9.17, 15) is 13.2 Å². The molecule has 5 nitrogen and oxygen atoms in total. The fraction of sp³-hybridized carbons (Fsp3) is 0.316. The Balaban J connectivity index is 1.72. The van der Waals surface area contributed by atoms with Gasteiger partial charge in [-0.05, 0) is 49.6 Å². The van der Waals surface area contributed by atoms with E-state index in [1.165, 1.54) is 28.6 Å². The third-order valence-electron chi connectivity index (χ3n) is 4.48. The van der Waals surface area contributed by atoms with Gasteiger partial charge in [0.15, 0.2) is 0 Å². The molecule has 1 heterocycles. The summed E-state index contributed by atoms with van der Waals surface area (Å²) in [6.45, 7) is 2.71. The molecule has 138 valence electrons. The third-order valence-corrected chi connectivity index (χ3v) is 6.65. The highest BCUT2D eigenvalue weighted by Gasteiger charge is 2.39. The second-order valence-corrected chi connectivity index (χ2v) is 8.76. The van der Waals surface area contributed by atoms with Crippen LogP contribution in [-0.4, -0.2) is 31.2 Å². The van der Waals surface area contributed by atoms with Crippen LogP contribution in [0.25, 0.3) is 0 Å². The Hall–Kier alpha value is -1.89. The second-order valence-electron chi connectivity index (χ2n) is 6.43. The van der Waals surface area contributed by atoms with Gasteiger partial charge in [-0.1, -0.05) is 41.4 Å². The molecule has 0 bridgehead atoms. The number of carbonyl (C=O) groups is 1. The van der Waals surface area contributed by atoms with E-state index in [-0.39, 0.29) is 10.8 Å². The van der Waals surface area contributed by atoms with E-state index in [0.29, 0.717) is 31.0 Å². The van der Waals surface area contributed by atoms with Crippen molar-refractivity contribution in [2.45, 2.75) is 37.2 Å². The highest BCUT2D eigenvalue weighted by molar-refractivity contribution is 7.89. The van der Waals surface area contributed by atoms with E-state index >= 15 is 0 Å². The molecule has 2 aromatic rings. The summed E-state index contributed by atoms with van der Waals surface area (Å²) in [4.78, 5) is 12.8. The van der Waals surface area contributed by atoms with Gasteiger partial charge in [0.25, 0.3) is 0 Å². The monoisotopic (exact) mass is 392 g/mol. The first-order valence-corrected chi connectivity index (χ1v) is 10.3. The zero-order chi connectivity index (χ0) is 18.7. The second kappa shape index (κ2) is 7.78. The Morgan fingerprint density at radius 3 is 2.65 bits per heavy atom. The molecular weight excluding hydrogens is 372 g/mol. The number of nitrogens with zero attached hydrogens (tertiary/aromatic N) is 1. The molecule has 26 heavy (non-hydrogen) atoms. The largest absolute Gasteiger partial charge is 0.351 e. The molecule has 1 atom stereocenters.